The highest BCUT2D eigenvalue weighted by Gasteiger charge is 2.32. The molecule has 1 unspecified atom stereocenters. The molecule has 1 heterocycles. The normalized spacial score (nSPS) is 25.3. The zero-order valence-corrected chi connectivity index (χ0v) is 8.72. The van der Waals surface area contributed by atoms with E-state index >= 15 is 0 Å². The Labute approximate surface area is 88.5 Å². The predicted molar refractivity (Wildman–Crippen MR) is 55.9 cm³/mol. The molecule has 2 rings (SSSR count). The third-order valence-corrected chi connectivity index (χ3v) is 2.83. The zero-order chi connectivity index (χ0) is 10.9. The van der Waals surface area contributed by atoms with E-state index in [9.17, 15) is 9.18 Å². The molecule has 0 bridgehead atoms. The molecule has 3 heteroatoms. The summed E-state index contributed by atoms with van der Waals surface area (Å²) < 4.78 is 13.0. The maximum Gasteiger partial charge on any atom is 0.220 e. The summed E-state index contributed by atoms with van der Waals surface area (Å²) >= 11 is 0. The molecule has 1 aromatic rings. The third kappa shape index (κ3) is 2.35. The summed E-state index contributed by atoms with van der Waals surface area (Å²) in [6.45, 7) is 2.00. The average molecular weight is 207 g/mol. The Morgan fingerprint density at radius 1 is 1.53 bits per heavy atom. The lowest BCUT2D eigenvalue weighted by molar-refractivity contribution is -0.119. The van der Waals surface area contributed by atoms with E-state index < -0.39 is 0 Å². The molecule has 1 atom stereocenters. The summed E-state index contributed by atoms with van der Waals surface area (Å²) in [7, 11) is 0. The van der Waals surface area contributed by atoms with Crippen molar-refractivity contribution in [3.8, 4) is 0 Å². The molecule has 0 radical (unpaired) electrons. The number of hydrogen-bond acceptors (Lipinski definition) is 1. The van der Waals surface area contributed by atoms with Crippen LogP contribution < -0.4 is 5.32 Å². The number of halogens is 1. The third-order valence-electron chi connectivity index (χ3n) is 2.83. The standard InChI is InChI=1S/C12H14FNO/c1-12(6-5-11(15)14-12)8-9-3-2-4-10(13)7-9/h2-4,7H,5-6,8H2,1H3,(H,14,15). The second kappa shape index (κ2) is 3.65. The Bertz CT molecular complexity index is 391. The van der Waals surface area contributed by atoms with Gasteiger partial charge in [-0.05, 0) is 37.5 Å². The molecular formula is C12H14FNO. The topological polar surface area (TPSA) is 29.1 Å². The molecule has 0 aromatic heterocycles. The highest BCUT2D eigenvalue weighted by atomic mass is 19.1. The van der Waals surface area contributed by atoms with E-state index in [1.165, 1.54) is 12.1 Å². The molecule has 1 amide bonds. The first-order chi connectivity index (χ1) is 7.07. The smallest absolute Gasteiger partial charge is 0.220 e. The van der Waals surface area contributed by atoms with E-state index in [4.69, 9.17) is 0 Å². The summed E-state index contributed by atoms with van der Waals surface area (Å²) in [5, 5.41) is 2.94. The van der Waals surface area contributed by atoms with Crippen LogP contribution in [0.4, 0.5) is 4.39 Å². The minimum absolute atomic E-state index is 0.0916. The molecule has 1 aliphatic heterocycles. The average Bonchev–Trinajstić information content (AvgIpc) is 2.45. The Morgan fingerprint density at radius 2 is 2.33 bits per heavy atom. The van der Waals surface area contributed by atoms with Gasteiger partial charge in [-0.15, -0.1) is 0 Å². The number of amides is 1. The van der Waals surface area contributed by atoms with E-state index in [2.05, 4.69) is 5.32 Å². The van der Waals surface area contributed by atoms with Gasteiger partial charge in [0, 0.05) is 12.0 Å². The van der Waals surface area contributed by atoms with Crippen molar-refractivity contribution < 1.29 is 9.18 Å². The van der Waals surface area contributed by atoms with Crippen LogP contribution in [0.2, 0.25) is 0 Å². The van der Waals surface area contributed by atoms with Crippen LogP contribution in [-0.2, 0) is 11.2 Å². The Hall–Kier alpha value is -1.38. The Balaban J connectivity index is 2.11. The molecule has 1 aromatic carbocycles. The minimum Gasteiger partial charge on any atom is -0.351 e. The summed E-state index contributed by atoms with van der Waals surface area (Å²) in [6.07, 6.45) is 2.09. The SMILES string of the molecule is CC1(Cc2cccc(F)c2)CCC(=O)N1. The Kier molecular flexibility index (Phi) is 2.47. The van der Waals surface area contributed by atoms with Crippen molar-refractivity contribution in [3.05, 3.63) is 35.6 Å². The van der Waals surface area contributed by atoms with Crippen LogP contribution in [0.1, 0.15) is 25.3 Å². The van der Waals surface area contributed by atoms with Crippen molar-refractivity contribution in [2.24, 2.45) is 0 Å². The first-order valence-corrected chi connectivity index (χ1v) is 5.13. The van der Waals surface area contributed by atoms with Crippen molar-refractivity contribution in [3.63, 3.8) is 0 Å². The lowest BCUT2D eigenvalue weighted by Gasteiger charge is -2.23. The molecule has 80 valence electrons. The minimum atomic E-state index is -0.222. The van der Waals surface area contributed by atoms with Crippen molar-refractivity contribution in [2.45, 2.75) is 31.7 Å². The number of hydrogen-bond donors (Lipinski definition) is 1. The highest BCUT2D eigenvalue weighted by Crippen LogP contribution is 2.24. The molecule has 1 N–H and O–H groups in total. The first kappa shape index (κ1) is 10.1. The summed E-state index contributed by atoms with van der Waals surface area (Å²) in [4.78, 5) is 11.1. The lowest BCUT2D eigenvalue weighted by Crippen LogP contribution is -2.40. The van der Waals surface area contributed by atoms with Crippen LogP contribution in [0.5, 0.6) is 0 Å². The van der Waals surface area contributed by atoms with Crippen molar-refractivity contribution in [2.75, 3.05) is 0 Å². The van der Waals surface area contributed by atoms with Gasteiger partial charge in [0.2, 0.25) is 5.91 Å². The molecular weight excluding hydrogens is 193 g/mol. The van der Waals surface area contributed by atoms with Crippen LogP contribution in [0.15, 0.2) is 24.3 Å². The van der Waals surface area contributed by atoms with E-state index in [1.54, 1.807) is 6.07 Å². The zero-order valence-electron chi connectivity index (χ0n) is 8.72. The van der Waals surface area contributed by atoms with Crippen LogP contribution in [0.3, 0.4) is 0 Å². The summed E-state index contributed by atoms with van der Waals surface area (Å²) in [5.74, 6) is -0.130. The van der Waals surface area contributed by atoms with Gasteiger partial charge in [0.15, 0.2) is 0 Å². The van der Waals surface area contributed by atoms with Crippen LogP contribution in [-0.4, -0.2) is 11.4 Å². The van der Waals surface area contributed by atoms with Gasteiger partial charge in [0.1, 0.15) is 5.82 Å². The van der Waals surface area contributed by atoms with Gasteiger partial charge in [-0.3, -0.25) is 4.79 Å². The predicted octanol–water partition coefficient (Wildman–Crippen LogP) is 2.04. The van der Waals surface area contributed by atoms with Gasteiger partial charge in [-0.25, -0.2) is 4.39 Å². The van der Waals surface area contributed by atoms with Gasteiger partial charge in [-0.1, -0.05) is 12.1 Å². The van der Waals surface area contributed by atoms with Gasteiger partial charge in [0.25, 0.3) is 0 Å². The van der Waals surface area contributed by atoms with Crippen molar-refractivity contribution in [1.82, 2.24) is 5.32 Å². The number of rotatable bonds is 2. The molecule has 0 aliphatic carbocycles. The van der Waals surface area contributed by atoms with Gasteiger partial charge < -0.3 is 5.32 Å². The first-order valence-electron chi connectivity index (χ1n) is 5.13. The van der Waals surface area contributed by atoms with Crippen molar-refractivity contribution in [1.29, 1.82) is 0 Å². The van der Waals surface area contributed by atoms with Crippen LogP contribution >= 0.6 is 0 Å². The van der Waals surface area contributed by atoms with Crippen LogP contribution in [0.25, 0.3) is 0 Å². The van der Waals surface area contributed by atoms with E-state index in [-0.39, 0.29) is 17.3 Å². The number of carbonyl (C=O) groups is 1. The molecule has 1 saturated heterocycles. The highest BCUT2D eigenvalue weighted by molar-refractivity contribution is 5.79. The second-order valence-electron chi connectivity index (χ2n) is 4.42. The molecule has 1 aliphatic rings. The fourth-order valence-corrected chi connectivity index (χ4v) is 2.08. The van der Waals surface area contributed by atoms with Crippen LogP contribution in [0, 0.1) is 5.82 Å². The van der Waals surface area contributed by atoms with E-state index in [1.807, 2.05) is 13.0 Å². The monoisotopic (exact) mass is 207 g/mol. The Morgan fingerprint density at radius 3 is 2.93 bits per heavy atom. The maximum atomic E-state index is 13.0. The quantitative estimate of drug-likeness (QED) is 0.790. The van der Waals surface area contributed by atoms with Crippen molar-refractivity contribution >= 4 is 5.91 Å². The maximum absolute atomic E-state index is 13.0. The molecule has 2 nitrogen and oxygen atoms in total. The summed E-state index contributed by atoms with van der Waals surface area (Å²) in [6, 6.07) is 6.54. The van der Waals surface area contributed by atoms with Gasteiger partial charge >= 0.3 is 0 Å². The lowest BCUT2D eigenvalue weighted by atomic mass is 9.91. The molecule has 0 saturated carbocycles. The fraction of sp³-hybridized carbons (Fsp3) is 0.417. The van der Waals surface area contributed by atoms with Gasteiger partial charge in [-0.2, -0.15) is 0 Å². The number of carbonyl (C=O) groups excluding carboxylic acids is 1. The second-order valence-corrected chi connectivity index (χ2v) is 4.42. The summed E-state index contributed by atoms with van der Waals surface area (Å²) in [5.41, 5.74) is 0.727. The molecule has 1 fully saturated rings. The largest absolute Gasteiger partial charge is 0.351 e. The number of benzene rings is 1. The fourth-order valence-electron chi connectivity index (χ4n) is 2.08. The molecule has 15 heavy (non-hydrogen) atoms. The van der Waals surface area contributed by atoms with E-state index in [0.717, 1.165) is 12.0 Å². The van der Waals surface area contributed by atoms with E-state index in [0.29, 0.717) is 12.8 Å². The molecule has 0 spiro atoms. The number of nitrogens with one attached hydrogen (secondary N) is 1. The van der Waals surface area contributed by atoms with Gasteiger partial charge in [0.05, 0.1) is 0 Å².